The molecule has 3 rings (SSSR count). The third-order valence-electron chi connectivity index (χ3n) is 4.66. The van der Waals surface area contributed by atoms with Gasteiger partial charge in [-0.2, -0.15) is 0 Å². The summed E-state index contributed by atoms with van der Waals surface area (Å²) in [5.74, 6) is -0.415. The standard InChI is InChI=1S/C17H22N2O3/c20-16(13-8-9-15(17(21)22)18-10-13)19(11-12-6-7-12)14-4-2-1-3-5-14/h8-10,12,14H,1-7,11H2,(H,21,22). The fourth-order valence-electron chi connectivity index (χ4n) is 3.18. The van der Waals surface area contributed by atoms with E-state index in [1.165, 1.54) is 44.4 Å². The van der Waals surface area contributed by atoms with E-state index < -0.39 is 5.97 Å². The minimum Gasteiger partial charge on any atom is -0.477 e. The van der Waals surface area contributed by atoms with Crippen LogP contribution < -0.4 is 0 Å². The molecule has 5 heteroatoms. The van der Waals surface area contributed by atoms with Crippen LogP contribution in [0.4, 0.5) is 0 Å². The smallest absolute Gasteiger partial charge is 0.354 e. The molecule has 1 aromatic heterocycles. The van der Waals surface area contributed by atoms with Crippen molar-refractivity contribution in [3.63, 3.8) is 0 Å². The summed E-state index contributed by atoms with van der Waals surface area (Å²) in [4.78, 5) is 29.6. The molecule has 0 radical (unpaired) electrons. The second kappa shape index (κ2) is 6.46. The largest absolute Gasteiger partial charge is 0.477 e. The lowest BCUT2D eigenvalue weighted by molar-refractivity contribution is 0.0618. The number of pyridine rings is 1. The summed E-state index contributed by atoms with van der Waals surface area (Å²) >= 11 is 0. The first-order chi connectivity index (χ1) is 10.6. The number of hydrogen-bond donors (Lipinski definition) is 1. The van der Waals surface area contributed by atoms with E-state index in [0.717, 1.165) is 19.4 Å². The zero-order valence-corrected chi connectivity index (χ0v) is 12.7. The van der Waals surface area contributed by atoms with E-state index in [0.29, 0.717) is 17.5 Å². The second-order valence-electron chi connectivity index (χ2n) is 6.43. The summed E-state index contributed by atoms with van der Waals surface area (Å²) < 4.78 is 0. The normalized spacial score (nSPS) is 18.9. The zero-order chi connectivity index (χ0) is 15.5. The minimum atomic E-state index is -1.07. The molecule has 0 aliphatic heterocycles. The van der Waals surface area contributed by atoms with Crippen LogP contribution in [0.5, 0.6) is 0 Å². The first kappa shape index (κ1) is 15.0. The summed E-state index contributed by atoms with van der Waals surface area (Å²) in [6, 6.07) is 3.33. The Balaban J connectivity index is 1.76. The summed E-state index contributed by atoms with van der Waals surface area (Å²) in [6.45, 7) is 0.837. The molecule has 1 N–H and O–H groups in total. The highest BCUT2D eigenvalue weighted by Crippen LogP contribution is 2.33. The zero-order valence-electron chi connectivity index (χ0n) is 12.7. The number of carboxylic acids is 1. The van der Waals surface area contributed by atoms with Gasteiger partial charge in [-0.25, -0.2) is 9.78 Å². The van der Waals surface area contributed by atoms with Gasteiger partial charge in [0.15, 0.2) is 0 Å². The van der Waals surface area contributed by atoms with E-state index in [1.807, 2.05) is 4.90 Å². The van der Waals surface area contributed by atoms with Crippen molar-refractivity contribution in [1.29, 1.82) is 0 Å². The molecule has 0 aromatic carbocycles. The van der Waals surface area contributed by atoms with Crippen LogP contribution in [0.2, 0.25) is 0 Å². The van der Waals surface area contributed by atoms with Gasteiger partial charge in [-0.05, 0) is 43.7 Å². The molecule has 1 amide bonds. The number of aromatic carboxylic acids is 1. The number of carboxylic acid groups (broad SMARTS) is 1. The Labute approximate surface area is 130 Å². The van der Waals surface area contributed by atoms with Crippen molar-refractivity contribution in [3.8, 4) is 0 Å². The monoisotopic (exact) mass is 302 g/mol. The molecule has 0 saturated heterocycles. The van der Waals surface area contributed by atoms with Crippen LogP contribution in [0.15, 0.2) is 18.3 Å². The van der Waals surface area contributed by atoms with Gasteiger partial charge < -0.3 is 10.0 Å². The molecule has 0 atom stereocenters. The summed E-state index contributed by atoms with van der Waals surface area (Å²) in [5, 5.41) is 8.90. The van der Waals surface area contributed by atoms with Gasteiger partial charge >= 0.3 is 5.97 Å². The maximum absolute atomic E-state index is 12.8. The molecule has 22 heavy (non-hydrogen) atoms. The number of amides is 1. The van der Waals surface area contributed by atoms with Gasteiger partial charge in [0, 0.05) is 18.8 Å². The van der Waals surface area contributed by atoms with Crippen LogP contribution in [-0.4, -0.2) is 39.5 Å². The lowest BCUT2D eigenvalue weighted by Gasteiger charge is -2.34. The van der Waals surface area contributed by atoms with Gasteiger partial charge in [-0.1, -0.05) is 19.3 Å². The van der Waals surface area contributed by atoms with Crippen LogP contribution in [0.1, 0.15) is 65.8 Å². The van der Waals surface area contributed by atoms with Gasteiger partial charge in [0.1, 0.15) is 5.69 Å². The number of hydrogen-bond acceptors (Lipinski definition) is 3. The van der Waals surface area contributed by atoms with Crippen molar-refractivity contribution in [2.24, 2.45) is 5.92 Å². The predicted molar refractivity (Wildman–Crippen MR) is 81.8 cm³/mol. The minimum absolute atomic E-state index is 0.00300. The van der Waals surface area contributed by atoms with Crippen molar-refractivity contribution in [1.82, 2.24) is 9.88 Å². The van der Waals surface area contributed by atoms with E-state index in [1.54, 1.807) is 6.07 Å². The average molecular weight is 302 g/mol. The molecule has 1 heterocycles. The third kappa shape index (κ3) is 3.46. The Morgan fingerprint density at radius 1 is 1.14 bits per heavy atom. The van der Waals surface area contributed by atoms with E-state index in [-0.39, 0.29) is 11.6 Å². The molecule has 5 nitrogen and oxygen atoms in total. The molecule has 118 valence electrons. The van der Waals surface area contributed by atoms with E-state index in [2.05, 4.69) is 4.98 Å². The summed E-state index contributed by atoms with van der Waals surface area (Å²) in [6.07, 6.45) is 9.63. The third-order valence-corrected chi connectivity index (χ3v) is 4.66. The Morgan fingerprint density at radius 3 is 2.41 bits per heavy atom. The van der Waals surface area contributed by atoms with E-state index in [4.69, 9.17) is 5.11 Å². The van der Waals surface area contributed by atoms with Crippen molar-refractivity contribution >= 4 is 11.9 Å². The molecule has 2 aliphatic rings. The SMILES string of the molecule is O=C(O)c1ccc(C(=O)N(CC2CC2)C2CCCCC2)cn1. The number of aromatic nitrogens is 1. The lowest BCUT2D eigenvalue weighted by Crippen LogP contribution is -2.42. The molecule has 0 unspecified atom stereocenters. The Bertz CT molecular complexity index is 546. The lowest BCUT2D eigenvalue weighted by atomic mass is 9.93. The van der Waals surface area contributed by atoms with Crippen LogP contribution >= 0.6 is 0 Å². The molecule has 0 bridgehead atoms. The molecule has 0 spiro atoms. The topological polar surface area (TPSA) is 70.5 Å². The van der Waals surface area contributed by atoms with E-state index in [9.17, 15) is 9.59 Å². The van der Waals surface area contributed by atoms with Crippen LogP contribution in [-0.2, 0) is 0 Å². The highest BCUT2D eigenvalue weighted by atomic mass is 16.4. The number of carbonyl (C=O) groups excluding carboxylic acids is 1. The highest BCUT2D eigenvalue weighted by Gasteiger charge is 2.32. The number of nitrogens with zero attached hydrogens (tertiary/aromatic N) is 2. The average Bonchev–Trinajstić information content (AvgIpc) is 3.37. The predicted octanol–water partition coefficient (Wildman–Crippen LogP) is 2.96. The quantitative estimate of drug-likeness (QED) is 0.907. The van der Waals surface area contributed by atoms with Gasteiger partial charge in [0.2, 0.25) is 0 Å². The van der Waals surface area contributed by atoms with Crippen molar-refractivity contribution < 1.29 is 14.7 Å². The maximum atomic E-state index is 12.8. The fraction of sp³-hybridized carbons (Fsp3) is 0.588. The van der Waals surface area contributed by atoms with Gasteiger partial charge in [0.05, 0.1) is 5.56 Å². The Morgan fingerprint density at radius 2 is 1.86 bits per heavy atom. The molecule has 2 fully saturated rings. The second-order valence-corrected chi connectivity index (χ2v) is 6.43. The van der Waals surface area contributed by atoms with Crippen LogP contribution in [0.25, 0.3) is 0 Å². The Hall–Kier alpha value is -1.91. The van der Waals surface area contributed by atoms with Crippen LogP contribution in [0.3, 0.4) is 0 Å². The van der Waals surface area contributed by atoms with Gasteiger partial charge in [0.25, 0.3) is 5.91 Å². The molecular weight excluding hydrogens is 280 g/mol. The number of carbonyl (C=O) groups is 2. The molecular formula is C17H22N2O3. The Kier molecular flexibility index (Phi) is 4.41. The molecule has 2 saturated carbocycles. The van der Waals surface area contributed by atoms with Crippen molar-refractivity contribution in [2.75, 3.05) is 6.54 Å². The number of rotatable bonds is 5. The molecule has 2 aliphatic carbocycles. The van der Waals surface area contributed by atoms with Gasteiger partial charge in [-0.3, -0.25) is 4.79 Å². The first-order valence-electron chi connectivity index (χ1n) is 8.15. The van der Waals surface area contributed by atoms with E-state index >= 15 is 0 Å². The van der Waals surface area contributed by atoms with Crippen molar-refractivity contribution in [3.05, 3.63) is 29.6 Å². The summed E-state index contributed by atoms with van der Waals surface area (Å²) in [5.41, 5.74) is 0.471. The maximum Gasteiger partial charge on any atom is 0.354 e. The summed E-state index contributed by atoms with van der Waals surface area (Å²) in [7, 11) is 0. The van der Waals surface area contributed by atoms with Crippen LogP contribution in [0, 0.1) is 5.92 Å². The first-order valence-corrected chi connectivity index (χ1v) is 8.15. The van der Waals surface area contributed by atoms with Gasteiger partial charge in [-0.15, -0.1) is 0 Å². The fourth-order valence-corrected chi connectivity index (χ4v) is 3.18. The highest BCUT2D eigenvalue weighted by molar-refractivity contribution is 5.95. The molecule has 1 aromatic rings. The van der Waals surface area contributed by atoms with Crippen molar-refractivity contribution in [2.45, 2.75) is 51.0 Å².